The minimum absolute atomic E-state index is 0.185. The van der Waals surface area contributed by atoms with Crippen LogP contribution in [0, 0.1) is 6.92 Å². The number of hydrogen-bond donors (Lipinski definition) is 1. The van der Waals surface area contributed by atoms with Crippen LogP contribution in [-0.2, 0) is 0 Å². The summed E-state index contributed by atoms with van der Waals surface area (Å²) in [5, 5.41) is 10.7. The summed E-state index contributed by atoms with van der Waals surface area (Å²) in [6.45, 7) is 1.94. The van der Waals surface area contributed by atoms with Gasteiger partial charge in [0.1, 0.15) is 11.4 Å². The first-order chi connectivity index (χ1) is 9.07. The molecule has 1 aliphatic carbocycles. The van der Waals surface area contributed by atoms with Crippen LogP contribution in [0.2, 0.25) is 0 Å². The second-order valence-electron chi connectivity index (χ2n) is 5.48. The van der Waals surface area contributed by atoms with Gasteiger partial charge < -0.3 is 9.84 Å². The van der Waals surface area contributed by atoms with Crippen LogP contribution in [0.15, 0.2) is 18.2 Å². The third-order valence-corrected chi connectivity index (χ3v) is 3.95. The zero-order valence-electron chi connectivity index (χ0n) is 11.7. The highest BCUT2D eigenvalue weighted by molar-refractivity contribution is 6.04. The van der Waals surface area contributed by atoms with Crippen molar-refractivity contribution < 1.29 is 14.6 Å². The standard InChI is InChI=1S/C16H22O3/c1-12-7-8-14(19-2)13(11-12)15(17)16(18)9-5-3-4-6-10-16/h7-8,11,18H,3-6,9-10H2,1-2H3. The van der Waals surface area contributed by atoms with Gasteiger partial charge in [-0.25, -0.2) is 0 Å². The van der Waals surface area contributed by atoms with Gasteiger partial charge in [0.2, 0.25) is 0 Å². The van der Waals surface area contributed by atoms with Crippen LogP contribution in [0.5, 0.6) is 5.75 Å². The molecular weight excluding hydrogens is 240 g/mol. The molecule has 3 heteroatoms. The van der Waals surface area contributed by atoms with Gasteiger partial charge in [-0.2, -0.15) is 0 Å². The number of carbonyl (C=O) groups is 1. The van der Waals surface area contributed by atoms with Crippen molar-refractivity contribution in [3.63, 3.8) is 0 Å². The fourth-order valence-corrected chi connectivity index (χ4v) is 2.79. The molecule has 0 bridgehead atoms. The molecule has 0 heterocycles. The molecule has 1 aromatic rings. The molecule has 0 radical (unpaired) electrons. The van der Waals surface area contributed by atoms with Crippen LogP contribution < -0.4 is 4.74 Å². The van der Waals surface area contributed by atoms with E-state index in [2.05, 4.69) is 0 Å². The summed E-state index contributed by atoms with van der Waals surface area (Å²) < 4.78 is 5.26. The Labute approximate surface area is 114 Å². The Kier molecular flexibility index (Phi) is 4.25. The topological polar surface area (TPSA) is 46.5 Å². The van der Waals surface area contributed by atoms with E-state index in [1.54, 1.807) is 13.2 Å². The van der Waals surface area contributed by atoms with Crippen LogP contribution in [0.3, 0.4) is 0 Å². The highest BCUT2D eigenvalue weighted by atomic mass is 16.5. The van der Waals surface area contributed by atoms with Crippen molar-refractivity contribution in [1.29, 1.82) is 0 Å². The van der Waals surface area contributed by atoms with Gasteiger partial charge >= 0.3 is 0 Å². The summed E-state index contributed by atoms with van der Waals surface area (Å²) in [7, 11) is 1.55. The van der Waals surface area contributed by atoms with Gasteiger partial charge in [0.15, 0.2) is 5.78 Å². The van der Waals surface area contributed by atoms with Crippen molar-refractivity contribution in [2.24, 2.45) is 0 Å². The number of rotatable bonds is 3. The van der Waals surface area contributed by atoms with E-state index in [0.29, 0.717) is 24.2 Å². The Morgan fingerprint density at radius 2 is 1.84 bits per heavy atom. The summed E-state index contributed by atoms with van der Waals surface area (Å²) in [5.74, 6) is 0.364. The molecule has 0 aliphatic heterocycles. The van der Waals surface area contributed by atoms with E-state index in [1.807, 2.05) is 19.1 Å². The molecule has 0 aromatic heterocycles. The number of methoxy groups -OCH3 is 1. The molecule has 0 atom stereocenters. The number of benzene rings is 1. The van der Waals surface area contributed by atoms with Crippen LogP contribution in [0.25, 0.3) is 0 Å². The number of ketones is 1. The van der Waals surface area contributed by atoms with E-state index >= 15 is 0 Å². The predicted molar refractivity (Wildman–Crippen MR) is 74.7 cm³/mol. The Morgan fingerprint density at radius 3 is 2.42 bits per heavy atom. The molecule has 3 nitrogen and oxygen atoms in total. The first kappa shape index (κ1) is 14.1. The molecule has 104 valence electrons. The molecule has 1 aliphatic rings. The minimum atomic E-state index is -1.21. The van der Waals surface area contributed by atoms with Crippen LogP contribution in [-0.4, -0.2) is 23.6 Å². The lowest BCUT2D eigenvalue weighted by Crippen LogP contribution is -2.38. The molecule has 1 saturated carbocycles. The number of aliphatic hydroxyl groups is 1. The molecular formula is C16H22O3. The predicted octanol–water partition coefficient (Wildman–Crippen LogP) is 3.27. The zero-order chi connectivity index (χ0) is 13.9. The minimum Gasteiger partial charge on any atom is -0.496 e. The lowest BCUT2D eigenvalue weighted by atomic mass is 9.85. The molecule has 2 rings (SSSR count). The van der Waals surface area contributed by atoms with Crippen molar-refractivity contribution in [2.75, 3.05) is 7.11 Å². The van der Waals surface area contributed by atoms with Crippen molar-refractivity contribution in [2.45, 2.75) is 51.0 Å². The third-order valence-electron chi connectivity index (χ3n) is 3.95. The maximum Gasteiger partial charge on any atom is 0.198 e. The fourth-order valence-electron chi connectivity index (χ4n) is 2.79. The lowest BCUT2D eigenvalue weighted by Gasteiger charge is -2.25. The molecule has 0 unspecified atom stereocenters. The molecule has 1 N–H and O–H groups in total. The second-order valence-corrected chi connectivity index (χ2v) is 5.48. The molecule has 19 heavy (non-hydrogen) atoms. The van der Waals surface area contributed by atoms with E-state index in [1.165, 1.54) is 0 Å². The fraction of sp³-hybridized carbons (Fsp3) is 0.562. The van der Waals surface area contributed by atoms with Gasteiger partial charge in [-0.1, -0.05) is 37.3 Å². The number of carbonyl (C=O) groups excluding carboxylic acids is 1. The van der Waals surface area contributed by atoms with E-state index < -0.39 is 5.60 Å². The van der Waals surface area contributed by atoms with Gasteiger partial charge in [0.05, 0.1) is 12.7 Å². The monoisotopic (exact) mass is 262 g/mol. The Hall–Kier alpha value is -1.35. The van der Waals surface area contributed by atoms with Crippen molar-refractivity contribution in [3.8, 4) is 5.75 Å². The normalized spacial score (nSPS) is 18.7. The van der Waals surface area contributed by atoms with E-state index in [4.69, 9.17) is 4.74 Å². The SMILES string of the molecule is COc1ccc(C)cc1C(=O)C1(O)CCCCCC1. The number of Topliss-reactive ketones (excluding diaryl/α,β-unsaturated/α-hetero) is 1. The van der Waals surface area contributed by atoms with Crippen LogP contribution in [0.4, 0.5) is 0 Å². The molecule has 1 aromatic carbocycles. The van der Waals surface area contributed by atoms with E-state index in [9.17, 15) is 9.90 Å². The lowest BCUT2D eigenvalue weighted by molar-refractivity contribution is 0.0235. The van der Waals surface area contributed by atoms with Crippen molar-refractivity contribution >= 4 is 5.78 Å². The summed E-state index contributed by atoms with van der Waals surface area (Å²) in [6.07, 6.45) is 5.14. The summed E-state index contributed by atoms with van der Waals surface area (Å²) in [5.41, 5.74) is 0.297. The highest BCUT2D eigenvalue weighted by Crippen LogP contribution is 2.33. The maximum absolute atomic E-state index is 12.7. The molecule has 0 spiro atoms. The number of hydrogen-bond acceptors (Lipinski definition) is 3. The average Bonchev–Trinajstić information content (AvgIpc) is 2.63. The van der Waals surface area contributed by atoms with Gasteiger partial charge in [0.25, 0.3) is 0 Å². The van der Waals surface area contributed by atoms with Gasteiger partial charge in [0, 0.05) is 0 Å². The summed E-state index contributed by atoms with van der Waals surface area (Å²) >= 11 is 0. The van der Waals surface area contributed by atoms with Gasteiger partial charge in [-0.05, 0) is 31.9 Å². The molecule has 0 amide bonds. The maximum atomic E-state index is 12.7. The number of aryl methyl sites for hydroxylation is 1. The molecule has 0 saturated heterocycles. The van der Waals surface area contributed by atoms with Crippen molar-refractivity contribution in [3.05, 3.63) is 29.3 Å². The third kappa shape index (κ3) is 2.98. The zero-order valence-corrected chi connectivity index (χ0v) is 11.7. The van der Waals surface area contributed by atoms with Gasteiger partial charge in [-0.15, -0.1) is 0 Å². The Morgan fingerprint density at radius 1 is 1.21 bits per heavy atom. The molecule has 1 fully saturated rings. The quantitative estimate of drug-likeness (QED) is 0.671. The highest BCUT2D eigenvalue weighted by Gasteiger charge is 2.37. The van der Waals surface area contributed by atoms with Crippen LogP contribution >= 0.6 is 0 Å². The first-order valence-electron chi connectivity index (χ1n) is 6.99. The van der Waals surface area contributed by atoms with Crippen molar-refractivity contribution in [1.82, 2.24) is 0 Å². The van der Waals surface area contributed by atoms with Gasteiger partial charge in [-0.3, -0.25) is 4.79 Å². The Bertz CT molecular complexity index is 457. The summed E-state index contributed by atoms with van der Waals surface area (Å²) in [6, 6.07) is 5.51. The largest absolute Gasteiger partial charge is 0.496 e. The number of ether oxygens (including phenoxy) is 1. The van der Waals surface area contributed by atoms with E-state index in [-0.39, 0.29) is 5.78 Å². The first-order valence-corrected chi connectivity index (χ1v) is 6.99. The smallest absolute Gasteiger partial charge is 0.198 e. The Balaban J connectivity index is 2.34. The average molecular weight is 262 g/mol. The second kappa shape index (κ2) is 5.74. The summed E-state index contributed by atoms with van der Waals surface area (Å²) in [4.78, 5) is 12.7. The van der Waals surface area contributed by atoms with E-state index in [0.717, 1.165) is 31.2 Å². The van der Waals surface area contributed by atoms with Crippen LogP contribution in [0.1, 0.15) is 54.4 Å².